The van der Waals surface area contributed by atoms with E-state index >= 15 is 0 Å². The highest BCUT2D eigenvalue weighted by atomic mass is 35.5. The van der Waals surface area contributed by atoms with Crippen LogP contribution in [0.2, 0.25) is 5.02 Å². The van der Waals surface area contributed by atoms with E-state index in [0.29, 0.717) is 22.7 Å². The number of hydrogen-bond donors (Lipinski definition) is 2. The quantitative estimate of drug-likeness (QED) is 0.819. The van der Waals surface area contributed by atoms with Gasteiger partial charge in [0.1, 0.15) is 0 Å². The first-order valence-electron chi connectivity index (χ1n) is 5.44. The summed E-state index contributed by atoms with van der Waals surface area (Å²) in [6, 6.07) is 14.9. The molecule has 0 radical (unpaired) electrons. The van der Waals surface area contributed by atoms with Gasteiger partial charge in [0.2, 0.25) is 0 Å². The lowest BCUT2D eigenvalue weighted by Gasteiger charge is -2.13. The third kappa shape index (κ3) is 2.99. The van der Waals surface area contributed by atoms with Crippen LogP contribution in [-0.2, 0) is 6.42 Å². The molecular weight excluding hydrogens is 234 g/mol. The summed E-state index contributed by atoms with van der Waals surface area (Å²) in [6.45, 7) is 0. The van der Waals surface area contributed by atoms with Gasteiger partial charge in [-0.05, 0) is 23.8 Å². The molecule has 0 fully saturated rings. The number of aliphatic hydroxyl groups is 1. The fourth-order valence-electron chi connectivity index (χ4n) is 1.78. The second-order valence-corrected chi connectivity index (χ2v) is 4.42. The van der Waals surface area contributed by atoms with E-state index in [1.165, 1.54) is 0 Å². The van der Waals surface area contributed by atoms with E-state index in [1.807, 2.05) is 30.3 Å². The molecule has 17 heavy (non-hydrogen) atoms. The van der Waals surface area contributed by atoms with Crippen LogP contribution in [0.15, 0.2) is 48.5 Å². The highest BCUT2D eigenvalue weighted by Crippen LogP contribution is 2.26. The molecule has 0 spiro atoms. The Morgan fingerprint density at radius 1 is 1.12 bits per heavy atom. The van der Waals surface area contributed by atoms with Crippen molar-refractivity contribution in [1.29, 1.82) is 0 Å². The van der Waals surface area contributed by atoms with Crippen molar-refractivity contribution in [2.45, 2.75) is 12.5 Å². The minimum atomic E-state index is -0.629. The maximum atomic E-state index is 10.1. The molecule has 0 bridgehead atoms. The van der Waals surface area contributed by atoms with Crippen LogP contribution in [0, 0.1) is 0 Å². The van der Waals surface area contributed by atoms with E-state index in [4.69, 9.17) is 17.3 Å². The Balaban J connectivity index is 2.20. The summed E-state index contributed by atoms with van der Waals surface area (Å²) >= 11 is 5.90. The first-order valence-corrected chi connectivity index (χ1v) is 5.81. The van der Waals surface area contributed by atoms with Crippen LogP contribution in [0.5, 0.6) is 0 Å². The van der Waals surface area contributed by atoms with Crippen LogP contribution in [0.4, 0.5) is 5.69 Å². The third-order valence-corrected chi connectivity index (χ3v) is 2.91. The van der Waals surface area contributed by atoms with Crippen molar-refractivity contribution in [1.82, 2.24) is 0 Å². The molecule has 2 aromatic carbocycles. The lowest BCUT2D eigenvalue weighted by molar-refractivity contribution is 0.179. The Labute approximate surface area is 106 Å². The second kappa shape index (κ2) is 5.21. The van der Waals surface area contributed by atoms with E-state index in [2.05, 4.69) is 0 Å². The van der Waals surface area contributed by atoms with Crippen LogP contribution in [0.3, 0.4) is 0 Å². The Kier molecular flexibility index (Phi) is 3.67. The summed E-state index contributed by atoms with van der Waals surface area (Å²) in [5, 5.41) is 10.7. The van der Waals surface area contributed by atoms with Gasteiger partial charge in [-0.2, -0.15) is 0 Å². The van der Waals surface area contributed by atoms with E-state index in [9.17, 15) is 5.11 Å². The van der Waals surface area contributed by atoms with Crippen molar-refractivity contribution < 1.29 is 5.11 Å². The molecule has 1 atom stereocenters. The number of nitrogen functional groups attached to an aromatic ring is 1. The number of anilines is 1. The molecule has 0 heterocycles. The zero-order valence-electron chi connectivity index (χ0n) is 9.31. The Morgan fingerprint density at radius 2 is 1.82 bits per heavy atom. The van der Waals surface area contributed by atoms with Crippen LogP contribution in [-0.4, -0.2) is 5.11 Å². The maximum Gasteiger partial charge on any atom is 0.0850 e. The molecule has 0 unspecified atom stereocenters. The predicted octanol–water partition coefficient (Wildman–Crippen LogP) is 3.20. The number of nitrogens with two attached hydrogens (primary N) is 1. The smallest absolute Gasteiger partial charge is 0.0850 e. The molecule has 0 saturated heterocycles. The normalized spacial score (nSPS) is 12.4. The Morgan fingerprint density at radius 3 is 2.53 bits per heavy atom. The van der Waals surface area contributed by atoms with Gasteiger partial charge in [-0.3, -0.25) is 0 Å². The molecular formula is C14H14ClNO. The molecule has 0 aromatic heterocycles. The molecule has 2 nitrogen and oxygen atoms in total. The van der Waals surface area contributed by atoms with Crippen molar-refractivity contribution in [2.24, 2.45) is 0 Å². The van der Waals surface area contributed by atoms with Gasteiger partial charge < -0.3 is 10.8 Å². The van der Waals surface area contributed by atoms with Crippen LogP contribution >= 0.6 is 11.6 Å². The minimum Gasteiger partial charge on any atom is -0.398 e. The molecule has 0 aliphatic rings. The molecule has 88 valence electrons. The largest absolute Gasteiger partial charge is 0.398 e. The predicted molar refractivity (Wildman–Crippen MR) is 71.0 cm³/mol. The second-order valence-electron chi connectivity index (χ2n) is 3.98. The molecule has 0 aliphatic carbocycles. The summed E-state index contributed by atoms with van der Waals surface area (Å²) in [4.78, 5) is 0. The van der Waals surface area contributed by atoms with Gasteiger partial charge in [-0.25, -0.2) is 0 Å². The lowest BCUT2D eigenvalue weighted by Crippen LogP contribution is -2.05. The fourth-order valence-corrected chi connectivity index (χ4v) is 1.96. The molecule has 2 rings (SSSR count). The van der Waals surface area contributed by atoms with Crippen molar-refractivity contribution in [3.63, 3.8) is 0 Å². The van der Waals surface area contributed by atoms with Crippen molar-refractivity contribution >= 4 is 17.3 Å². The standard InChI is InChI=1S/C14H14ClNO/c15-11-6-7-13(16)12(9-11)14(17)8-10-4-2-1-3-5-10/h1-7,9,14,17H,8,16H2/t14-/m0/s1. The van der Waals surface area contributed by atoms with Gasteiger partial charge in [-0.1, -0.05) is 41.9 Å². The average Bonchev–Trinajstić information content (AvgIpc) is 2.33. The fraction of sp³-hybridized carbons (Fsp3) is 0.143. The first kappa shape index (κ1) is 12.0. The molecule has 2 aromatic rings. The van der Waals surface area contributed by atoms with Gasteiger partial charge in [0.15, 0.2) is 0 Å². The SMILES string of the molecule is Nc1ccc(Cl)cc1[C@@H](O)Cc1ccccc1. The summed E-state index contributed by atoms with van der Waals surface area (Å²) in [7, 11) is 0. The van der Waals surface area contributed by atoms with Crippen molar-refractivity contribution in [3.8, 4) is 0 Å². The van der Waals surface area contributed by atoms with E-state index in [0.717, 1.165) is 5.56 Å². The topological polar surface area (TPSA) is 46.2 Å². The number of benzene rings is 2. The lowest BCUT2D eigenvalue weighted by atomic mass is 10.0. The highest BCUT2D eigenvalue weighted by molar-refractivity contribution is 6.30. The van der Waals surface area contributed by atoms with Crippen LogP contribution < -0.4 is 5.73 Å². The van der Waals surface area contributed by atoms with Gasteiger partial charge in [0.25, 0.3) is 0 Å². The van der Waals surface area contributed by atoms with E-state index < -0.39 is 6.10 Å². The zero-order chi connectivity index (χ0) is 12.3. The summed E-state index contributed by atoms with van der Waals surface area (Å²) < 4.78 is 0. The van der Waals surface area contributed by atoms with Gasteiger partial charge in [-0.15, -0.1) is 0 Å². The Hall–Kier alpha value is -1.51. The zero-order valence-corrected chi connectivity index (χ0v) is 10.1. The monoisotopic (exact) mass is 247 g/mol. The number of aliphatic hydroxyl groups excluding tert-OH is 1. The molecule has 0 amide bonds. The van der Waals surface area contributed by atoms with Crippen LogP contribution in [0.25, 0.3) is 0 Å². The van der Waals surface area contributed by atoms with E-state index in [1.54, 1.807) is 18.2 Å². The highest BCUT2D eigenvalue weighted by Gasteiger charge is 2.12. The summed E-state index contributed by atoms with van der Waals surface area (Å²) in [6.07, 6.45) is -0.0955. The summed E-state index contributed by atoms with van der Waals surface area (Å²) in [5.74, 6) is 0. The van der Waals surface area contributed by atoms with Crippen molar-refractivity contribution in [2.75, 3.05) is 5.73 Å². The molecule has 3 heteroatoms. The molecule has 0 aliphatic heterocycles. The van der Waals surface area contributed by atoms with Gasteiger partial charge >= 0.3 is 0 Å². The van der Waals surface area contributed by atoms with Crippen LogP contribution in [0.1, 0.15) is 17.2 Å². The van der Waals surface area contributed by atoms with Crippen molar-refractivity contribution in [3.05, 3.63) is 64.7 Å². The van der Waals surface area contributed by atoms with E-state index in [-0.39, 0.29) is 0 Å². The molecule has 0 saturated carbocycles. The maximum absolute atomic E-state index is 10.1. The summed E-state index contributed by atoms with van der Waals surface area (Å²) in [5.41, 5.74) is 8.14. The van der Waals surface area contributed by atoms with Gasteiger partial charge in [0.05, 0.1) is 6.10 Å². The average molecular weight is 248 g/mol. The first-order chi connectivity index (χ1) is 8.16. The molecule has 3 N–H and O–H groups in total. The van der Waals surface area contributed by atoms with Gasteiger partial charge in [0, 0.05) is 22.7 Å². The third-order valence-electron chi connectivity index (χ3n) is 2.68. The number of hydrogen-bond acceptors (Lipinski definition) is 2. The number of halogens is 1. The number of rotatable bonds is 3. The minimum absolute atomic E-state index is 0.533. The Bertz CT molecular complexity index is 499.